The van der Waals surface area contributed by atoms with Gasteiger partial charge in [-0.2, -0.15) is 0 Å². The molecule has 6 heteroatoms. The van der Waals surface area contributed by atoms with Gasteiger partial charge in [-0.1, -0.05) is 6.92 Å². The summed E-state index contributed by atoms with van der Waals surface area (Å²) in [6, 6.07) is 0. The topological polar surface area (TPSA) is 72.9 Å². The van der Waals surface area contributed by atoms with Crippen molar-refractivity contribution in [2.24, 2.45) is 0 Å². The number of carbonyl (C=O) groups is 2. The fraction of sp³-hybridized carbons (Fsp3) is 0.400. The molecule has 1 aliphatic heterocycles. The third kappa shape index (κ3) is 3.64. The largest absolute Gasteiger partial charge is 0.464 e. The average Bonchev–Trinajstić information content (AvgIpc) is 2.27. The van der Waals surface area contributed by atoms with Crippen molar-refractivity contribution in [2.75, 3.05) is 13.1 Å². The van der Waals surface area contributed by atoms with Gasteiger partial charge in [0.1, 0.15) is 6.54 Å². The Kier molecular flexibility index (Phi) is 4.38. The summed E-state index contributed by atoms with van der Waals surface area (Å²) >= 11 is 0. The quantitative estimate of drug-likeness (QED) is 0.740. The summed E-state index contributed by atoms with van der Waals surface area (Å²) in [5.74, 6) is -0.0834. The molecule has 1 aliphatic rings. The second kappa shape index (κ2) is 5.79. The molecule has 6 nitrogen and oxygen atoms in total. The molecule has 0 fully saturated rings. The molecule has 0 aromatic carbocycles. The summed E-state index contributed by atoms with van der Waals surface area (Å²) in [5.41, 5.74) is 0. The number of nitrogens with one attached hydrogen (secondary N) is 1. The van der Waals surface area contributed by atoms with Crippen LogP contribution in [-0.4, -0.2) is 40.0 Å². The summed E-state index contributed by atoms with van der Waals surface area (Å²) in [7, 11) is 0. The molecule has 0 bridgehead atoms. The zero-order chi connectivity index (χ0) is 12.0. The molecule has 1 rings (SSSR count). The number of hydrogen-bond donors (Lipinski definition) is 2. The zero-order valence-electron chi connectivity index (χ0n) is 9.09. The lowest BCUT2D eigenvalue weighted by atomic mass is 10.4. The van der Waals surface area contributed by atoms with E-state index < -0.39 is 6.09 Å². The first-order valence-electron chi connectivity index (χ1n) is 5.04. The summed E-state index contributed by atoms with van der Waals surface area (Å²) in [5, 5.41) is 11.4. The molecule has 88 valence electrons. The Morgan fingerprint density at radius 3 is 2.38 bits per heavy atom. The molecule has 0 aliphatic carbocycles. The van der Waals surface area contributed by atoms with Crippen LogP contribution in [0.1, 0.15) is 13.3 Å². The fourth-order valence-electron chi connectivity index (χ4n) is 1.13. The lowest BCUT2D eigenvalue weighted by Crippen LogP contribution is -2.34. The van der Waals surface area contributed by atoms with Crippen molar-refractivity contribution in [3.05, 3.63) is 24.8 Å². The van der Waals surface area contributed by atoms with Crippen LogP contribution in [0.25, 0.3) is 0 Å². The van der Waals surface area contributed by atoms with Crippen LogP contribution >= 0.6 is 0 Å². The predicted molar refractivity (Wildman–Crippen MR) is 58.2 cm³/mol. The van der Waals surface area contributed by atoms with Gasteiger partial charge in [0, 0.05) is 31.3 Å². The normalized spacial score (nSPS) is 14.1. The minimum absolute atomic E-state index is 0.0834. The van der Waals surface area contributed by atoms with Crippen molar-refractivity contribution in [2.45, 2.75) is 13.3 Å². The maximum absolute atomic E-state index is 11.3. The predicted octanol–water partition coefficient (Wildman–Crippen LogP) is 0.751. The summed E-state index contributed by atoms with van der Waals surface area (Å²) in [4.78, 5) is 24.5. The Morgan fingerprint density at radius 1 is 1.25 bits per heavy atom. The number of rotatable bonds is 4. The lowest BCUT2D eigenvalue weighted by Gasteiger charge is -2.21. The van der Waals surface area contributed by atoms with E-state index >= 15 is 0 Å². The molecular formula is C10H15N3O3. The van der Waals surface area contributed by atoms with Crippen LogP contribution in [0.2, 0.25) is 0 Å². The molecular weight excluding hydrogens is 210 g/mol. The minimum Gasteiger partial charge on any atom is -0.464 e. The van der Waals surface area contributed by atoms with Crippen LogP contribution < -0.4 is 5.32 Å². The Hall–Kier alpha value is -1.98. The van der Waals surface area contributed by atoms with Gasteiger partial charge >= 0.3 is 6.09 Å². The first-order valence-corrected chi connectivity index (χ1v) is 5.04. The zero-order valence-corrected chi connectivity index (χ0v) is 9.09. The van der Waals surface area contributed by atoms with Crippen LogP contribution in [-0.2, 0) is 4.79 Å². The van der Waals surface area contributed by atoms with Gasteiger partial charge in [-0.3, -0.25) is 9.69 Å². The first-order chi connectivity index (χ1) is 7.63. The Balaban J connectivity index is 2.37. The van der Waals surface area contributed by atoms with Crippen LogP contribution in [0.5, 0.6) is 0 Å². The van der Waals surface area contributed by atoms with E-state index in [2.05, 4.69) is 5.32 Å². The number of carboxylic acid groups (broad SMARTS) is 1. The van der Waals surface area contributed by atoms with Crippen LogP contribution in [0.15, 0.2) is 24.8 Å². The van der Waals surface area contributed by atoms with E-state index in [1.54, 1.807) is 17.3 Å². The minimum atomic E-state index is -1.05. The highest BCUT2D eigenvalue weighted by Crippen LogP contribution is 2.04. The van der Waals surface area contributed by atoms with Crippen LogP contribution in [0.3, 0.4) is 0 Å². The van der Waals surface area contributed by atoms with Crippen molar-refractivity contribution in [3.8, 4) is 0 Å². The number of nitrogens with zero attached hydrogens (tertiary/aromatic N) is 2. The van der Waals surface area contributed by atoms with Gasteiger partial charge in [-0.15, -0.1) is 0 Å². The molecule has 0 saturated heterocycles. The maximum atomic E-state index is 11.3. The Bertz CT molecular complexity index is 311. The first kappa shape index (κ1) is 12.1. The smallest absolute Gasteiger partial charge is 0.415 e. The molecule has 2 amide bonds. The Morgan fingerprint density at radius 2 is 1.88 bits per heavy atom. The van der Waals surface area contributed by atoms with Gasteiger partial charge < -0.3 is 15.3 Å². The lowest BCUT2D eigenvalue weighted by molar-refractivity contribution is -0.121. The summed E-state index contributed by atoms with van der Waals surface area (Å²) < 4.78 is 0. The van der Waals surface area contributed by atoms with Crippen molar-refractivity contribution >= 4 is 12.0 Å². The van der Waals surface area contributed by atoms with Gasteiger partial charge in [-0.25, -0.2) is 4.79 Å². The third-order valence-corrected chi connectivity index (χ3v) is 1.96. The Labute approximate surface area is 93.8 Å². The molecule has 16 heavy (non-hydrogen) atoms. The van der Waals surface area contributed by atoms with E-state index in [0.29, 0.717) is 6.54 Å². The van der Waals surface area contributed by atoms with Gasteiger partial charge in [0.05, 0.1) is 0 Å². The van der Waals surface area contributed by atoms with Gasteiger partial charge in [0.2, 0.25) is 5.91 Å². The third-order valence-electron chi connectivity index (χ3n) is 1.96. The van der Waals surface area contributed by atoms with Crippen LogP contribution in [0, 0.1) is 0 Å². The van der Waals surface area contributed by atoms with Crippen molar-refractivity contribution in [1.29, 1.82) is 0 Å². The van der Waals surface area contributed by atoms with E-state index in [4.69, 9.17) is 5.11 Å². The van der Waals surface area contributed by atoms with E-state index in [-0.39, 0.29) is 12.5 Å². The highest BCUT2D eigenvalue weighted by atomic mass is 16.4. The molecule has 2 N–H and O–H groups in total. The highest BCUT2D eigenvalue weighted by molar-refractivity contribution is 5.78. The standard InChI is InChI=1S/C10H15N3O3/c1-2-3-11-9(14)8-12-4-6-13(7-5-12)10(15)16/h4-7H,2-3,8H2,1H3,(H,11,14)(H,15,16). The number of amides is 2. The van der Waals surface area contributed by atoms with Crippen molar-refractivity contribution in [3.63, 3.8) is 0 Å². The molecule has 0 spiro atoms. The monoisotopic (exact) mass is 225 g/mol. The van der Waals surface area contributed by atoms with Crippen molar-refractivity contribution < 1.29 is 14.7 Å². The highest BCUT2D eigenvalue weighted by Gasteiger charge is 2.11. The summed E-state index contributed by atoms with van der Waals surface area (Å²) in [6.45, 7) is 2.83. The molecule has 1 heterocycles. The van der Waals surface area contributed by atoms with Gasteiger partial charge in [-0.05, 0) is 6.42 Å². The SMILES string of the molecule is CCCNC(=O)CN1C=CN(C(=O)O)C=C1. The second-order valence-corrected chi connectivity index (χ2v) is 3.31. The van der Waals surface area contributed by atoms with Gasteiger partial charge in [0.25, 0.3) is 0 Å². The van der Waals surface area contributed by atoms with E-state index in [9.17, 15) is 9.59 Å². The van der Waals surface area contributed by atoms with E-state index in [1.807, 2.05) is 6.92 Å². The molecule has 0 atom stereocenters. The molecule has 0 aromatic heterocycles. The number of hydrogen-bond acceptors (Lipinski definition) is 3. The summed E-state index contributed by atoms with van der Waals surface area (Å²) in [6.07, 6.45) is 5.69. The molecule has 0 radical (unpaired) electrons. The van der Waals surface area contributed by atoms with Crippen molar-refractivity contribution in [1.82, 2.24) is 15.1 Å². The van der Waals surface area contributed by atoms with E-state index in [1.165, 1.54) is 12.4 Å². The maximum Gasteiger partial charge on any atom is 0.415 e. The molecule has 0 aromatic rings. The number of carbonyl (C=O) groups excluding carboxylic acids is 1. The fourth-order valence-corrected chi connectivity index (χ4v) is 1.13. The molecule has 0 unspecified atom stereocenters. The average molecular weight is 225 g/mol. The second-order valence-electron chi connectivity index (χ2n) is 3.31. The van der Waals surface area contributed by atoms with Gasteiger partial charge in [0.15, 0.2) is 0 Å². The van der Waals surface area contributed by atoms with Crippen LogP contribution in [0.4, 0.5) is 4.79 Å². The molecule has 0 saturated carbocycles. The van der Waals surface area contributed by atoms with E-state index in [0.717, 1.165) is 11.3 Å².